The Morgan fingerprint density at radius 3 is 2.24 bits per heavy atom. The van der Waals surface area contributed by atoms with E-state index in [1.165, 1.54) is 6.07 Å². The van der Waals surface area contributed by atoms with Gasteiger partial charge in [-0.1, -0.05) is 26.0 Å². The van der Waals surface area contributed by atoms with Gasteiger partial charge < -0.3 is 15.3 Å². The normalized spacial score (nSPS) is 10.5. The molecular weight excluding hydrogens is 224 g/mol. The Labute approximate surface area is 98.3 Å². The third kappa shape index (κ3) is 2.75. The Balaban J connectivity index is 3.39. The highest BCUT2D eigenvalue weighted by Gasteiger charge is 2.21. The largest absolute Gasteiger partial charge is 0.507 e. The molecule has 0 aromatic heterocycles. The van der Waals surface area contributed by atoms with Crippen LogP contribution in [0.15, 0.2) is 12.1 Å². The number of hydrogen-bond donors (Lipinski definition) is 3. The number of phenols is 1. The summed E-state index contributed by atoms with van der Waals surface area (Å²) >= 11 is 0. The van der Waals surface area contributed by atoms with Gasteiger partial charge in [0.05, 0.1) is 6.42 Å². The van der Waals surface area contributed by atoms with Crippen LogP contribution in [0, 0.1) is 0 Å². The molecule has 92 valence electrons. The molecule has 0 unspecified atom stereocenters. The van der Waals surface area contributed by atoms with Gasteiger partial charge in [0, 0.05) is 0 Å². The standard InChI is InChI=1S/C12H14O5/c1-6(2)8-4-3-7(5-9(13)14)10(11(8)15)12(16)17/h3-4,6,15H,5H2,1-2H3,(H,13,14)(H,16,17). The number of aromatic hydroxyl groups is 1. The van der Waals surface area contributed by atoms with Crippen molar-refractivity contribution in [2.45, 2.75) is 26.2 Å². The summed E-state index contributed by atoms with van der Waals surface area (Å²) in [6.45, 7) is 3.63. The molecule has 1 aromatic rings. The highest BCUT2D eigenvalue weighted by atomic mass is 16.4. The molecule has 17 heavy (non-hydrogen) atoms. The first-order valence-electron chi connectivity index (χ1n) is 5.14. The quantitative estimate of drug-likeness (QED) is 0.744. The topological polar surface area (TPSA) is 94.8 Å². The zero-order valence-corrected chi connectivity index (χ0v) is 9.60. The lowest BCUT2D eigenvalue weighted by Gasteiger charge is -2.13. The Kier molecular flexibility index (Phi) is 3.73. The Morgan fingerprint density at radius 1 is 1.24 bits per heavy atom. The van der Waals surface area contributed by atoms with E-state index in [0.29, 0.717) is 5.56 Å². The molecular formula is C12H14O5. The van der Waals surface area contributed by atoms with Gasteiger partial charge in [-0.05, 0) is 17.0 Å². The molecule has 0 bridgehead atoms. The number of hydrogen-bond acceptors (Lipinski definition) is 3. The van der Waals surface area contributed by atoms with E-state index in [2.05, 4.69) is 0 Å². The van der Waals surface area contributed by atoms with Crippen molar-refractivity contribution in [3.63, 3.8) is 0 Å². The summed E-state index contributed by atoms with van der Waals surface area (Å²) in [5, 5.41) is 27.5. The first-order valence-corrected chi connectivity index (χ1v) is 5.14. The van der Waals surface area contributed by atoms with Crippen LogP contribution >= 0.6 is 0 Å². The Bertz CT molecular complexity index is 462. The van der Waals surface area contributed by atoms with E-state index in [1.54, 1.807) is 6.07 Å². The Morgan fingerprint density at radius 2 is 1.82 bits per heavy atom. The fourth-order valence-electron chi connectivity index (χ4n) is 1.66. The van der Waals surface area contributed by atoms with E-state index in [-0.39, 0.29) is 22.8 Å². The van der Waals surface area contributed by atoms with Gasteiger partial charge in [-0.25, -0.2) is 4.79 Å². The summed E-state index contributed by atoms with van der Waals surface area (Å²) in [5.41, 5.74) is 0.280. The first-order chi connectivity index (χ1) is 7.84. The van der Waals surface area contributed by atoms with Crippen molar-refractivity contribution in [2.75, 3.05) is 0 Å². The van der Waals surface area contributed by atoms with E-state index < -0.39 is 18.4 Å². The minimum absolute atomic E-state index is 0.0352. The van der Waals surface area contributed by atoms with Gasteiger partial charge in [0.2, 0.25) is 0 Å². The monoisotopic (exact) mass is 238 g/mol. The van der Waals surface area contributed by atoms with Crippen molar-refractivity contribution < 1.29 is 24.9 Å². The van der Waals surface area contributed by atoms with Crippen LogP contribution in [0.4, 0.5) is 0 Å². The maximum Gasteiger partial charge on any atom is 0.339 e. The lowest BCUT2D eigenvalue weighted by atomic mass is 9.94. The molecule has 0 amide bonds. The molecule has 5 heteroatoms. The average molecular weight is 238 g/mol. The highest BCUT2D eigenvalue weighted by Crippen LogP contribution is 2.31. The molecule has 0 fully saturated rings. The van der Waals surface area contributed by atoms with E-state index in [0.717, 1.165) is 0 Å². The van der Waals surface area contributed by atoms with E-state index in [4.69, 9.17) is 10.2 Å². The molecule has 0 aliphatic heterocycles. The molecule has 0 spiro atoms. The van der Waals surface area contributed by atoms with Crippen LogP contribution in [0.3, 0.4) is 0 Å². The number of carboxylic acids is 2. The smallest absolute Gasteiger partial charge is 0.339 e. The summed E-state index contributed by atoms with van der Waals surface area (Å²) in [7, 11) is 0. The van der Waals surface area contributed by atoms with Crippen LogP contribution in [0.2, 0.25) is 0 Å². The Hall–Kier alpha value is -2.04. The van der Waals surface area contributed by atoms with Crippen molar-refractivity contribution in [2.24, 2.45) is 0 Å². The third-order valence-electron chi connectivity index (χ3n) is 2.47. The summed E-state index contributed by atoms with van der Waals surface area (Å²) in [5.74, 6) is -2.83. The van der Waals surface area contributed by atoms with Crippen LogP contribution in [0.25, 0.3) is 0 Å². The lowest BCUT2D eigenvalue weighted by molar-refractivity contribution is -0.136. The summed E-state index contributed by atoms with van der Waals surface area (Å²) in [4.78, 5) is 21.6. The maximum absolute atomic E-state index is 11.0. The molecule has 1 aromatic carbocycles. The number of rotatable bonds is 4. The van der Waals surface area contributed by atoms with Crippen molar-refractivity contribution in [3.8, 4) is 5.75 Å². The lowest BCUT2D eigenvalue weighted by Crippen LogP contribution is -2.09. The van der Waals surface area contributed by atoms with E-state index in [9.17, 15) is 14.7 Å². The second kappa shape index (κ2) is 4.86. The fourth-order valence-corrected chi connectivity index (χ4v) is 1.66. The molecule has 1 rings (SSSR count). The minimum atomic E-state index is -1.32. The van der Waals surface area contributed by atoms with Gasteiger partial charge in [-0.15, -0.1) is 0 Å². The maximum atomic E-state index is 11.0. The first kappa shape index (κ1) is 13.0. The van der Waals surface area contributed by atoms with E-state index in [1.807, 2.05) is 13.8 Å². The van der Waals surface area contributed by atoms with Crippen LogP contribution in [0.1, 0.15) is 41.3 Å². The molecule has 0 atom stereocenters. The molecule has 0 aliphatic rings. The average Bonchev–Trinajstić information content (AvgIpc) is 2.15. The van der Waals surface area contributed by atoms with Gasteiger partial charge in [-0.2, -0.15) is 0 Å². The molecule has 0 heterocycles. The second-order valence-corrected chi connectivity index (χ2v) is 4.07. The zero-order chi connectivity index (χ0) is 13.2. The number of carbonyl (C=O) groups is 2. The summed E-state index contributed by atoms with van der Waals surface area (Å²) < 4.78 is 0. The van der Waals surface area contributed by atoms with Gasteiger partial charge in [-0.3, -0.25) is 4.79 Å². The van der Waals surface area contributed by atoms with Crippen LogP contribution in [-0.4, -0.2) is 27.3 Å². The van der Waals surface area contributed by atoms with Crippen molar-refractivity contribution in [1.29, 1.82) is 0 Å². The van der Waals surface area contributed by atoms with Crippen molar-refractivity contribution in [3.05, 3.63) is 28.8 Å². The zero-order valence-electron chi connectivity index (χ0n) is 9.60. The molecule has 0 saturated carbocycles. The van der Waals surface area contributed by atoms with Gasteiger partial charge >= 0.3 is 11.9 Å². The van der Waals surface area contributed by atoms with Gasteiger partial charge in [0.1, 0.15) is 11.3 Å². The number of aromatic carboxylic acids is 1. The van der Waals surface area contributed by atoms with Crippen LogP contribution in [0.5, 0.6) is 5.75 Å². The predicted molar refractivity (Wildman–Crippen MR) is 60.5 cm³/mol. The predicted octanol–water partition coefficient (Wildman–Crippen LogP) is 1.84. The molecule has 0 radical (unpaired) electrons. The molecule has 3 N–H and O–H groups in total. The van der Waals surface area contributed by atoms with Gasteiger partial charge in [0.15, 0.2) is 0 Å². The molecule has 0 aliphatic carbocycles. The summed E-state index contributed by atoms with van der Waals surface area (Å²) in [6.07, 6.45) is -0.423. The number of benzene rings is 1. The minimum Gasteiger partial charge on any atom is -0.507 e. The number of carboxylic acid groups (broad SMARTS) is 2. The second-order valence-electron chi connectivity index (χ2n) is 4.07. The van der Waals surface area contributed by atoms with E-state index >= 15 is 0 Å². The van der Waals surface area contributed by atoms with Crippen LogP contribution < -0.4 is 0 Å². The molecule has 5 nitrogen and oxygen atoms in total. The molecule has 0 saturated heterocycles. The van der Waals surface area contributed by atoms with Crippen molar-refractivity contribution in [1.82, 2.24) is 0 Å². The fraction of sp³-hybridized carbons (Fsp3) is 0.333. The number of aliphatic carboxylic acids is 1. The summed E-state index contributed by atoms with van der Waals surface area (Å²) in [6, 6.07) is 3.00. The SMILES string of the molecule is CC(C)c1ccc(CC(=O)O)c(C(=O)O)c1O. The third-order valence-corrected chi connectivity index (χ3v) is 2.47. The highest BCUT2D eigenvalue weighted by molar-refractivity contribution is 5.94. The van der Waals surface area contributed by atoms with Gasteiger partial charge in [0.25, 0.3) is 0 Å². The van der Waals surface area contributed by atoms with Crippen molar-refractivity contribution >= 4 is 11.9 Å². The van der Waals surface area contributed by atoms with Crippen LogP contribution in [-0.2, 0) is 11.2 Å².